The van der Waals surface area contributed by atoms with Crippen LogP contribution >= 0.6 is 0 Å². The normalized spacial score (nSPS) is 11.9. The lowest BCUT2D eigenvalue weighted by Crippen LogP contribution is -2.17. The number of carbonyl (C=O) groups is 2. The first-order chi connectivity index (χ1) is 9.51. The van der Waals surface area contributed by atoms with E-state index in [1.165, 1.54) is 0 Å². The molecule has 0 saturated heterocycles. The fourth-order valence-electron chi connectivity index (χ4n) is 1.99. The summed E-state index contributed by atoms with van der Waals surface area (Å²) < 4.78 is 0. The van der Waals surface area contributed by atoms with Gasteiger partial charge in [-0.05, 0) is 36.5 Å². The number of anilines is 1. The molecule has 5 heteroatoms. The third-order valence-corrected chi connectivity index (χ3v) is 2.89. The Labute approximate surface area is 118 Å². The van der Waals surface area contributed by atoms with Gasteiger partial charge in [0, 0.05) is 25.1 Å². The molecule has 0 aromatic heterocycles. The molecule has 0 spiro atoms. The van der Waals surface area contributed by atoms with E-state index in [1.807, 2.05) is 18.2 Å². The molecule has 0 aliphatic rings. The van der Waals surface area contributed by atoms with Gasteiger partial charge in [0.1, 0.15) is 0 Å². The zero-order chi connectivity index (χ0) is 15.0. The van der Waals surface area contributed by atoms with Crippen molar-refractivity contribution in [1.82, 2.24) is 0 Å². The summed E-state index contributed by atoms with van der Waals surface area (Å²) in [6, 6.07) is 7.46. The Kier molecular flexibility index (Phi) is 6.73. The molecule has 0 aliphatic heterocycles. The number of benzene rings is 1. The third-order valence-electron chi connectivity index (χ3n) is 2.89. The molecule has 1 atom stereocenters. The number of aliphatic hydroxyl groups excluding tert-OH is 1. The van der Waals surface area contributed by atoms with E-state index < -0.39 is 5.97 Å². The second kappa shape index (κ2) is 8.32. The molecule has 20 heavy (non-hydrogen) atoms. The number of carbonyl (C=O) groups excluding carboxylic acids is 1. The summed E-state index contributed by atoms with van der Waals surface area (Å²) in [7, 11) is 0. The van der Waals surface area contributed by atoms with Gasteiger partial charge >= 0.3 is 5.97 Å². The van der Waals surface area contributed by atoms with Crippen molar-refractivity contribution in [2.75, 3.05) is 11.9 Å². The lowest BCUT2D eigenvalue weighted by molar-refractivity contribution is -0.138. The van der Waals surface area contributed by atoms with E-state index in [2.05, 4.69) is 5.32 Å². The number of nitrogens with one attached hydrogen (secondary N) is 1. The minimum atomic E-state index is -0.892. The van der Waals surface area contributed by atoms with Crippen LogP contribution in [0.1, 0.15) is 31.7 Å². The molecule has 1 amide bonds. The van der Waals surface area contributed by atoms with Crippen LogP contribution in [0, 0.1) is 5.92 Å². The average molecular weight is 279 g/mol. The highest BCUT2D eigenvalue weighted by Crippen LogP contribution is 2.14. The molecule has 0 heterocycles. The molecule has 1 aromatic rings. The summed E-state index contributed by atoms with van der Waals surface area (Å²) in [4.78, 5) is 22.3. The van der Waals surface area contributed by atoms with Gasteiger partial charge in [0.15, 0.2) is 0 Å². The highest BCUT2D eigenvalue weighted by Gasteiger charge is 2.12. The van der Waals surface area contributed by atoms with Crippen LogP contribution in [-0.4, -0.2) is 28.7 Å². The highest BCUT2D eigenvalue weighted by atomic mass is 16.4. The number of hydrogen-bond donors (Lipinski definition) is 3. The van der Waals surface area contributed by atoms with Gasteiger partial charge in [-0.25, -0.2) is 0 Å². The number of hydrogen-bond acceptors (Lipinski definition) is 3. The Balaban J connectivity index is 2.50. The molecule has 1 aromatic carbocycles. The van der Waals surface area contributed by atoms with Gasteiger partial charge in [-0.15, -0.1) is 0 Å². The van der Waals surface area contributed by atoms with Crippen molar-refractivity contribution in [3.05, 3.63) is 29.8 Å². The standard InChI is InChI=1S/C15H21NO4/c1-11(9-15(19)20)8-14(18)16-13-6-2-4-12(10-13)5-3-7-17/h2,4,6,10-11,17H,3,5,7-9H2,1H3,(H,16,18)(H,19,20). The molecule has 0 aliphatic carbocycles. The molecule has 0 bridgehead atoms. The number of rotatable bonds is 8. The maximum absolute atomic E-state index is 11.8. The number of aryl methyl sites for hydroxylation is 1. The van der Waals surface area contributed by atoms with E-state index >= 15 is 0 Å². The van der Waals surface area contributed by atoms with Gasteiger partial charge in [-0.1, -0.05) is 19.1 Å². The Morgan fingerprint density at radius 2 is 2.05 bits per heavy atom. The molecule has 0 radical (unpaired) electrons. The first-order valence-corrected chi connectivity index (χ1v) is 6.72. The number of amides is 1. The summed E-state index contributed by atoms with van der Waals surface area (Å²) in [5, 5.41) is 20.2. The average Bonchev–Trinajstić information content (AvgIpc) is 2.35. The number of aliphatic carboxylic acids is 1. The van der Waals surface area contributed by atoms with Crippen molar-refractivity contribution in [3.8, 4) is 0 Å². The predicted molar refractivity (Wildman–Crippen MR) is 76.5 cm³/mol. The van der Waals surface area contributed by atoms with Gasteiger partial charge in [0.2, 0.25) is 5.91 Å². The fraction of sp³-hybridized carbons (Fsp3) is 0.467. The minimum absolute atomic E-state index is 0.00996. The predicted octanol–water partition coefficient (Wildman–Crippen LogP) is 2.05. The van der Waals surface area contributed by atoms with Crippen LogP contribution in [0.3, 0.4) is 0 Å². The Hall–Kier alpha value is -1.88. The molecule has 3 N–H and O–H groups in total. The monoisotopic (exact) mass is 279 g/mol. The van der Waals surface area contributed by atoms with Crippen molar-refractivity contribution in [2.24, 2.45) is 5.92 Å². The first-order valence-electron chi connectivity index (χ1n) is 6.72. The lowest BCUT2D eigenvalue weighted by Gasteiger charge is -2.10. The van der Waals surface area contributed by atoms with E-state index in [4.69, 9.17) is 10.2 Å². The largest absolute Gasteiger partial charge is 0.481 e. The smallest absolute Gasteiger partial charge is 0.303 e. The van der Waals surface area contributed by atoms with Crippen LogP contribution in [0.25, 0.3) is 0 Å². The minimum Gasteiger partial charge on any atom is -0.481 e. The summed E-state index contributed by atoms with van der Waals surface area (Å²) in [5.74, 6) is -1.26. The molecular weight excluding hydrogens is 258 g/mol. The van der Waals surface area contributed by atoms with Gasteiger partial charge in [-0.2, -0.15) is 0 Å². The number of carboxylic acid groups (broad SMARTS) is 1. The first kappa shape index (κ1) is 16.2. The summed E-state index contributed by atoms with van der Waals surface area (Å²) in [6.45, 7) is 1.88. The molecular formula is C15H21NO4. The Bertz CT molecular complexity index is 459. The summed E-state index contributed by atoms with van der Waals surface area (Å²) in [5.41, 5.74) is 1.75. The van der Waals surface area contributed by atoms with Crippen LogP contribution < -0.4 is 5.32 Å². The van der Waals surface area contributed by atoms with Crippen LogP contribution in [-0.2, 0) is 16.0 Å². The molecule has 1 rings (SSSR count). The maximum atomic E-state index is 11.8. The second-order valence-electron chi connectivity index (χ2n) is 4.98. The van der Waals surface area contributed by atoms with Crippen molar-refractivity contribution >= 4 is 17.6 Å². The van der Waals surface area contributed by atoms with Crippen LogP contribution in [0.5, 0.6) is 0 Å². The van der Waals surface area contributed by atoms with Crippen LogP contribution in [0.2, 0.25) is 0 Å². The Morgan fingerprint density at radius 3 is 2.70 bits per heavy atom. The van der Waals surface area contributed by atoms with Crippen molar-refractivity contribution in [3.63, 3.8) is 0 Å². The van der Waals surface area contributed by atoms with Crippen molar-refractivity contribution < 1.29 is 19.8 Å². The number of carboxylic acids is 1. The summed E-state index contributed by atoms with van der Waals surface area (Å²) >= 11 is 0. The van der Waals surface area contributed by atoms with Gasteiger partial charge < -0.3 is 15.5 Å². The van der Waals surface area contributed by atoms with E-state index in [0.29, 0.717) is 12.1 Å². The quantitative estimate of drug-likeness (QED) is 0.679. The van der Waals surface area contributed by atoms with E-state index in [9.17, 15) is 9.59 Å². The molecule has 0 fully saturated rings. The van der Waals surface area contributed by atoms with Gasteiger partial charge in [0.25, 0.3) is 0 Å². The fourth-order valence-corrected chi connectivity index (χ4v) is 1.99. The van der Waals surface area contributed by atoms with Crippen molar-refractivity contribution in [2.45, 2.75) is 32.6 Å². The van der Waals surface area contributed by atoms with E-state index in [0.717, 1.165) is 12.0 Å². The van der Waals surface area contributed by atoms with E-state index in [1.54, 1.807) is 13.0 Å². The van der Waals surface area contributed by atoms with Crippen molar-refractivity contribution in [1.29, 1.82) is 0 Å². The molecule has 1 unspecified atom stereocenters. The van der Waals surface area contributed by atoms with Crippen LogP contribution in [0.15, 0.2) is 24.3 Å². The Morgan fingerprint density at radius 1 is 1.30 bits per heavy atom. The van der Waals surface area contributed by atoms with Gasteiger partial charge in [0.05, 0.1) is 0 Å². The van der Waals surface area contributed by atoms with E-state index in [-0.39, 0.29) is 31.3 Å². The SMILES string of the molecule is CC(CC(=O)O)CC(=O)Nc1cccc(CCCO)c1. The van der Waals surface area contributed by atoms with Crippen LogP contribution in [0.4, 0.5) is 5.69 Å². The zero-order valence-electron chi connectivity index (χ0n) is 11.6. The number of aliphatic hydroxyl groups is 1. The lowest BCUT2D eigenvalue weighted by atomic mass is 10.0. The maximum Gasteiger partial charge on any atom is 0.303 e. The second-order valence-corrected chi connectivity index (χ2v) is 4.98. The topological polar surface area (TPSA) is 86.6 Å². The zero-order valence-corrected chi connectivity index (χ0v) is 11.6. The molecule has 5 nitrogen and oxygen atoms in total. The highest BCUT2D eigenvalue weighted by molar-refractivity contribution is 5.91. The molecule has 0 saturated carbocycles. The molecule has 110 valence electrons. The summed E-state index contributed by atoms with van der Waals surface area (Å²) in [6.07, 6.45) is 1.62. The van der Waals surface area contributed by atoms with Gasteiger partial charge in [-0.3, -0.25) is 9.59 Å². The third kappa shape index (κ3) is 6.33.